The fourth-order valence-corrected chi connectivity index (χ4v) is 3.64. The van der Waals surface area contributed by atoms with Crippen molar-refractivity contribution < 1.29 is 4.79 Å². The Labute approximate surface area is 147 Å². The summed E-state index contributed by atoms with van der Waals surface area (Å²) in [7, 11) is 2.09. The van der Waals surface area contributed by atoms with E-state index in [9.17, 15) is 4.79 Å². The second kappa shape index (κ2) is 6.81. The molecule has 3 rings (SSSR count). The summed E-state index contributed by atoms with van der Waals surface area (Å²) in [4.78, 5) is 21.4. The zero-order valence-corrected chi connectivity index (χ0v) is 15.3. The molecule has 1 unspecified atom stereocenters. The van der Waals surface area contributed by atoms with E-state index >= 15 is 0 Å². The first-order valence-corrected chi connectivity index (χ1v) is 8.64. The molecule has 0 bridgehead atoms. The molecule has 1 atom stereocenters. The number of carbonyl (C=O) groups excluding carboxylic acids is 1. The highest BCUT2D eigenvalue weighted by molar-refractivity contribution is 5.77. The van der Waals surface area contributed by atoms with Gasteiger partial charge in [-0.25, -0.2) is 9.50 Å². The third-order valence-corrected chi connectivity index (χ3v) is 5.07. The minimum atomic E-state index is 0.192. The predicted molar refractivity (Wildman–Crippen MR) is 94.2 cm³/mol. The molecule has 0 N–H and O–H groups in total. The Kier molecular flexibility index (Phi) is 4.73. The Morgan fingerprint density at radius 2 is 2.16 bits per heavy atom. The van der Waals surface area contributed by atoms with Gasteiger partial charge in [-0.05, 0) is 39.8 Å². The lowest BCUT2D eigenvalue weighted by atomic mass is 10.0. The minimum absolute atomic E-state index is 0.192. The van der Waals surface area contributed by atoms with E-state index in [2.05, 4.69) is 35.0 Å². The zero-order chi connectivity index (χ0) is 18.1. The van der Waals surface area contributed by atoms with Crippen LogP contribution in [0, 0.1) is 25.2 Å². The molecule has 1 saturated heterocycles. The number of amides is 1. The maximum atomic E-state index is 12.6. The highest BCUT2D eigenvalue weighted by atomic mass is 16.2. The Morgan fingerprint density at radius 1 is 1.40 bits per heavy atom. The summed E-state index contributed by atoms with van der Waals surface area (Å²) in [5, 5.41) is 13.4. The number of likely N-dealkylation sites (N-methyl/N-ethyl adjacent to an activating group) is 1. The van der Waals surface area contributed by atoms with Crippen LogP contribution in [0.25, 0.3) is 5.65 Å². The summed E-state index contributed by atoms with van der Waals surface area (Å²) in [6.45, 7) is 8.63. The molecular weight excluding hydrogens is 316 g/mol. The van der Waals surface area contributed by atoms with E-state index in [1.54, 1.807) is 4.52 Å². The van der Waals surface area contributed by atoms with Gasteiger partial charge in [0.05, 0.1) is 6.20 Å². The third kappa shape index (κ3) is 3.22. The first-order chi connectivity index (χ1) is 11.9. The van der Waals surface area contributed by atoms with E-state index in [4.69, 9.17) is 5.26 Å². The molecule has 0 aromatic carbocycles. The van der Waals surface area contributed by atoms with Gasteiger partial charge in [0.2, 0.25) is 5.91 Å². The molecule has 2 aromatic heterocycles. The van der Waals surface area contributed by atoms with E-state index < -0.39 is 0 Å². The predicted octanol–water partition coefficient (Wildman–Crippen LogP) is 1.31. The minimum Gasteiger partial charge on any atom is -0.337 e. The second-order valence-corrected chi connectivity index (χ2v) is 6.87. The highest BCUT2D eigenvalue weighted by Crippen LogP contribution is 2.19. The molecule has 25 heavy (non-hydrogen) atoms. The van der Waals surface area contributed by atoms with Crippen LogP contribution in [0.2, 0.25) is 0 Å². The highest BCUT2D eigenvalue weighted by Gasteiger charge is 2.25. The Hall–Kier alpha value is -2.46. The standard InChI is InChI=1S/C18H24N6O/c1-12-11-22(4)7-8-23(12)17(25)6-5-16-13(2)21-18-15(9-19)10-20-24(18)14(16)3/h10,12H,5-8,11H2,1-4H3. The molecule has 1 aliphatic heterocycles. The first-order valence-electron chi connectivity index (χ1n) is 8.64. The van der Waals surface area contributed by atoms with Gasteiger partial charge < -0.3 is 9.80 Å². The van der Waals surface area contributed by atoms with E-state index in [0.29, 0.717) is 24.1 Å². The Morgan fingerprint density at radius 3 is 2.84 bits per heavy atom. The summed E-state index contributed by atoms with van der Waals surface area (Å²) in [6, 6.07) is 2.36. The van der Waals surface area contributed by atoms with Gasteiger partial charge in [0.25, 0.3) is 0 Å². The summed E-state index contributed by atoms with van der Waals surface area (Å²) in [6.07, 6.45) is 2.64. The molecule has 132 valence electrons. The van der Waals surface area contributed by atoms with Gasteiger partial charge in [-0.3, -0.25) is 4.79 Å². The van der Waals surface area contributed by atoms with Gasteiger partial charge in [0, 0.05) is 43.5 Å². The normalized spacial score (nSPS) is 18.5. The summed E-state index contributed by atoms with van der Waals surface area (Å²) >= 11 is 0. The van der Waals surface area contributed by atoms with Crippen molar-refractivity contribution in [2.24, 2.45) is 0 Å². The van der Waals surface area contributed by atoms with Crippen LogP contribution in [0.1, 0.15) is 35.9 Å². The van der Waals surface area contributed by atoms with Gasteiger partial charge in [-0.2, -0.15) is 10.4 Å². The van der Waals surface area contributed by atoms with Crippen LogP contribution in [0.3, 0.4) is 0 Å². The van der Waals surface area contributed by atoms with Gasteiger partial charge in [0.1, 0.15) is 11.6 Å². The lowest BCUT2D eigenvalue weighted by molar-refractivity contribution is -0.135. The molecule has 1 fully saturated rings. The second-order valence-electron chi connectivity index (χ2n) is 6.87. The van der Waals surface area contributed by atoms with Gasteiger partial charge in [0.15, 0.2) is 5.65 Å². The van der Waals surface area contributed by atoms with E-state index in [0.717, 1.165) is 36.6 Å². The molecule has 1 amide bonds. The third-order valence-electron chi connectivity index (χ3n) is 5.07. The monoisotopic (exact) mass is 340 g/mol. The lowest BCUT2D eigenvalue weighted by Gasteiger charge is -2.38. The van der Waals surface area contributed by atoms with Crippen LogP contribution in [-0.2, 0) is 11.2 Å². The zero-order valence-electron chi connectivity index (χ0n) is 15.3. The number of piperazine rings is 1. The SMILES string of the molecule is Cc1nc2c(C#N)cnn2c(C)c1CCC(=O)N1CCN(C)CC1C. The van der Waals surface area contributed by atoms with Crippen LogP contribution in [-0.4, -0.2) is 63.0 Å². The van der Waals surface area contributed by atoms with Crippen molar-refractivity contribution in [1.29, 1.82) is 5.26 Å². The van der Waals surface area contributed by atoms with Crippen LogP contribution in [0.4, 0.5) is 0 Å². The average molecular weight is 340 g/mol. The number of hydrogen-bond donors (Lipinski definition) is 0. The molecule has 7 nitrogen and oxygen atoms in total. The van der Waals surface area contributed by atoms with Crippen molar-refractivity contribution in [2.75, 3.05) is 26.7 Å². The summed E-state index contributed by atoms with van der Waals surface area (Å²) < 4.78 is 1.70. The quantitative estimate of drug-likeness (QED) is 0.842. The fraction of sp³-hybridized carbons (Fsp3) is 0.556. The Bertz CT molecular complexity index is 849. The van der Waals surface area contributed by atoms with Crippen molar-refractivity contribution in [3.63, 3.8) is 0 Å². The smallest absolute Gasteiger partial charge is 0.223 e. The van der Waals surface area contributed by atoms with Gasteiger partial charge in [-0.1, -0.05) is 0 Å². The Balaban J connectivity index is 1.77. The summed E-state index contributed by atoms with van der Waals surface area (Å²) in [5.74, 6) is 0.192. The molecule has 1 aliphatic rings. The largest absolute Gasteiger partial charge is 0.337 e. The van der Waals surface area contributed by atoms with Crippen LogP contribution in [0.15, 0.2) is 6.20 Å². The molecule has 0 radical (unpaired) electrons. The van der Waals surface area contributed by atoms with Crippen molar-refractivity contribution in [2.45, 2.75) is 39.7 Å². The number of carbonyl (C=O) groups is 1. The topological polar surface area (TPSA) is 77.5 Å². The molecule has 0 saturated carbocycles. The van der Waals surface area contributed by atoms with Crippen molar-refractivity contribution in [3.8, 4) is 6.07 Å². The number of rotatable bonds is 3. The molecule has 7 heteroatoms. The van der Waals surface area contributed by atoms with Gasteiger partial charge in [-0.15, -0.1) is 0 Å². The number of nitrogens with zero attached hydrogens (tertiary/aromatic N) is 6. The molecule has 2 aromatic rings. The van der Waals surface area contributed by atoms with Gasteiger partial charge >= 0.3 is 0 Å². The number of hydrogen-bond acceptors (Lipinski definition) is 5. The van der Waals surface area contributed by atoms with E-state index in [-0.39, 0.29) is 11.9 Å². The molecule has 0 spiro atoms. The van der Waals surface area contributed by atoms with E-state index in [1.165, 1.54) is 6.20 Å². The first kappa shape index (κ1) is 17.4. The molecular formula is C18H24N6O. The van der Waals surface area contributed by atoms with Crippen molar-refractivity contribution in [3.05, 3.63) is 28.7 Å². The fourth-order valence-electron chi connectivity index (χ4n) is 3.64. The maximum Gasteiger partial charge on any atom is 0.223 e. The lowest BCUT2D eigenvalue weighted by Crippen LogP contribution is -2.52. The van der Waals surface area contributed by atoms with Crippen molar-refractivity contribution in [1.82, 2.24) is 24.4 Å². The maximum absolute atomic E-state index is 12.6. The average Bonchev–Trinajstić information content (AvgIpc) is 2.97. The number of aromatic nitrogens is 3. The number of aryl methyl sites for hydroxylation is 2. The van der Waals surface area contributed by atoms with Crippen LogP contribution < -0.4 is 0 Å². The number of fused-ring (bicyclic) bond motifs is 1. The van der Waals surface area contributed by atoms with Crippen molar-refractivity contribution >= 4 is 11.6 Å². The molecule has 0 aliphatic carbocycles. The molecule has 3 heterocycles. The number of nitriles is 1. The summed E-state index contributed by atoms with van der Waals surface area (Å²) in [5.41, 5.74) is 3.90. The van der Waals surface area contributed by atoms with Crippen LogP contribution >= 0.6 is 0 Å². The van der Waals surface area contributed by atoms with Crippen LogP contribution in [0.5, 0.6) is 0 Å². The van der Waals surface area contributed by atoms with E-state index in [1.807, 2.05) is 18.7 Å².